The van der Waals surface area contributed by atoms with Crippen LogP contribution in [0.2, 0.25) is 5.02 Å². The fraction of sp³-hybridized carbons (Fsp3) is 0.278. The number of benzene rings is 2. The van der Waals surface area contributed by atoms with Gasteiger partial charge in [0.05, 0.1) is 7.11 Å². The maximum absolute atomic E-state index is 12.8. The molecule has 1 amide bonds. The Kier molecular flexibility index (Phi) is 4.34. The van der Waals surface area contributed by atoms with Crippen molar-refractivity contribution < 1.29 is 9.53 Å². The molecule has 0 unspecified atom stereocenters. The predicted molar refractivity (Wildman–Crippen MR) is 87.3 cm³/mol. The number of amides is 1. The van der Waals surface area contributed by atoms with Crippen LogP contribution in [0.15, 0.2) is 48.5 Å². The highest BCUT2D eigenvalue weighted by molar-refractivity contribution is 6.30. The number of hydrogen-bond donors (Lipinski definition) is 0. The number of hydrogen-bond acceptors (Lipinski definition) is 2. The summed E-state index contributed by atoms with van der Waals surface area (Å²) < 4.78 is 5.21. The van der Waals surface area contributed by atoms with Crippen LogP contribution in [-0.4, -0.2) is 24.0 Å². The summed E-state index contributed by atoms with van der Waals surface area (Å²) in [5.74, 6) is 0.754. The molecular formula is C18H18ClNO2. The highest BCUT2D eigenvalue weighted by Gasteiger charge is 2.33. The molecule has 114 valence electrons. The third-order valence-electron chi connectivity index (χ3n) is 3.83. The van der Waals surface area contributed by atoms with E-state index in [1.807, 2.05) is 47.4 Å². The Morgan fingerprint density at radius 2 is 1.95 bits per heavy atom. The molecule has 4 heteroatoms. The fourth-order valence-electron chi connectivity index (χ4n) is 2.46. The van der Waals surface area contributed by atoms with Gasteiger partial charge in [0.25, 0.3) is 5.91 Å². The monoisotopic (exact) mass is 315 g/mol. The second-order valence-electron chi connectivity index (χ2n) is 5.52. The normalized spacial score (nSPS) is 13.7. The maximum Gasteiger partial charge on any atom is 0.254 e. The molecule has 3 nitrogen and oxygen atoms in total. The largest absolute Gasteiger partial charge is 0.497 e. The number of nitrogens with zero attached hydrogens (tertiary/aromatic N) is 1. The first-order valence-corrected chi connectivity index (χ1v) is 7.74. The molecule has 0 radical (unpaired) electrons. The van der Waals surface area contributed by atoms with Gasteiger partial charge in [0.1, 0.15) is 5.75 Å². The van der Waals surface area contributed by atoms with Crippen LogP contribution in [0.1, 0.15) is 28.8 Å². The van der Waals surface area contributed by atoms with Crippen molar-refractivity contribution in [1.29, 1.82) is 0 Å². The van der Waals surface area contributed by atoms with E-state index in [2.05, 4.69) is 0 Å². The molecule has 0 N–H and O–H groups in total. The fourth-order valence-corrected chi connectivity index (χ4v) is 2.59. The van der Waals surface area contributed by atoms with Crippen molar-refractivity contribution in [3.05, 3.63) is 64.7 Å². The molecule has 0 bridgehead atoms. The van der Waals surface area contributed by atoms with Gasteiger partial charge in [0, 0.05) is 23.2 Å². The molecular weight excluding hydrogens is 298 g/mol. The predicted octanol–water partition coefficient (Wildman–Crippen LogP) is 4.15. The molecule has 0 heterocycles. The van der Waals surface area contributed by atoms with E-state index in [0.29, 0.717) is 28.9 Å². The Hall–Kier alpha value is -2.00. The van der Waals surface area contributed by atoms with E-state index >= 15 is 0 Å². The molecule has 1 saturated carbocycles. The summed E-state index contributed by atoms with van der Waals surface area (Å²) in [6.07, 6.45) is 2.15. The first-order valence-electron chi connectivity index (χ1n) is 7.37. The highest BCUT2D eigenvalue weighted by atomic mass is 35.5. The van der Waals surface area contributed by atoms with Gasteiger partial charge in [0.2, 0.25) is 0 Å². The molecule has 0 atom stereocenters. The quantitative estimate of drug-likeness (QED) is 0.829. The molecule has 1 aliphatic carbocycles. The summed E-state index contributed by atoms with van der Waals surface area (Å²) in [5, 5.41) is 0.709. The average Bonchev–Trinajstić information content (AvgIpc) is 3.38. The Labute approximate surface area is 135 Å². The van der Waals surface area contributed by atoms with Crippen LogP contribution in [0.4, 0.5) is 0 Å². The van der Waals surface area contributed by atoms with E-state index in [0.717, 1.165) is 18.4 Å². The van der Waals surface area contributed by atoms with Crippen LogP contribution < -0.4 is 4.74 Å². The van der Waals surface area contributed by atoms with Crippen molar-refractivity contribution in [2.24, 2.45) is 0 Å². The second kappa shape index (κ2) is 6.41. The molecule has 0 spiro atoms. The van der Waals surface area contributed by atoms with Gasteiger partial charge in [-0.15, -0.1) is 0 Å². The Balaban J connectivity index is 1.81. The summed E-state index contributed by atoms with van der Waals surface area (Å²) >= 11 is 5.92. The van der Waals surface area contributed by atoms with Crippen molar-refractivity contribution in [2.45, 2.75) is 25.4 Å². The van der Waals surface area contributed by atoms with E-state index in [4.69, 9.17) is 16.3 Å². The Morgan fingerprint density at radius 1 is 1.23 bits per heavy atom. The van der Waals surface area contributed by atoms with Crippen molar-refractivity contribution in [3.63, 3.8) is 0 Å². The summed E-state index contributed by atoms with van der Waals surface area (Å²) in [6, 6.07) is 15.3. The van der Waals surface area contributed by atoms with Crippen molar-refractivity contribution >= 4 is 17.5 Å². The number of ether oxygens (including phenoxy) is 1. The average molecular weight is 316 g/mol. The Bertz CT molecular complexity index is 665. The van der Waals surface area contributed by atoms with Gasteiger partial charge < -0.3 is 9.64 Å². The highest BCUT2D eigenvalue weighted by Crippen LogP contribution is 2.30. The summed E-state index contributed by atoms with van der Waals surface area (Å²) in [5.41, 5.74) is 1.76. The van der Waals surface area contributed by atoms with Crippen molar-refractivity contribution in [3.8, 4) is 5.75 Å². The van der Waals surface area contributed by atoms with Gasteiger partial charge in [-0.25, -0.2) is 0 Å². The van der Waals surface area contributed by atoms with Gasteiger partial charge in [0.15, 0.2) is 0 Å². The van der Waals surface area contributed by atoms with Gasteiger partial charge >= 0.3 is 0 Å². The zero-order valence-electron chi connectivity index (χ0n) is 12.5. The number of methoxy groups -OCH3 is 1. The number of carbonyl (C=O) groups excluding carboxylic acids is 1. The lowest BCUT2D eigenvalue weighted by atomic mass is 10.1. The SMILES string of the molecule is COc1cccc(C(=O)N(Cc2ccc(Cl)cc2)C2CC2)c1. The van der Waals surface area contributed by atoms with Gasteiger partial charge in [-0.05, 0) is 48.7 Å². The molecule has 1 fully saturated rings. The zero-order chi connectivity index (χ0) is 15.5. The third-order valence-corrected chi connectivity index (χ3v) is 4.08. The summed E-state index contributed by atoms with van der Waals surface area (Å²) in [7, 11) is 1.61. The van der Waals surface area contributed by atoms with Crippen LogP contribution in [0.5, 0.6) is 5.75 Å². The van der Waals surface area contributed by atoms with E-state index < -0.39 is 0 Å². The molecule has 2 aromatic rings. The molecule has 3 rings (SSSR count). The van der Waals surface area contributed by atoms with Crippen LogP contribution in [-0.2, 0) is 6.54 Å². The lowest BCUT2D eigenvalue weighted by molar-refractivity contribution is 0.0729. The third kappa shape index (κ3) is 3.42. The molecule has 1 aliphatic rings. The summed E-state index contributed by atoms with van der Waals surface area (Å²) in [4.78, 5) is 14.8. The molecule has 0 aromatic heterocycles. The molecule has 0 saturated heterocycles. The van der Waals surface area contributed by atoms with E-state index in [-0.39, 0.29) is 5.91 Å². The molecule has 0 aliphatic heterocycles. The van der Waals surface area contributed by atoms with Gasteiger partial charge in [-0.3, -0.25) is 4.79 Å². The minimum Gasteiger partial charge on any atom is -0.497 e. The topological polar surface area (TPSA) is 29.5 Å². The van der Waals surface area contributed by atoms with Crippen LogP contribution in [0, 0.1) is 0 Å². The molecule has 22 heavy (non-hydrogen) atoms. The van der Waals surface area contributed by atoms with E-state index in [9.17, 15) is 4.79 Å². The van der Waals surface area contributed by atoms with Crippen molar-refractivity contribution in [1.82, 2.24) is 4.90 Å². The lowest BCUT2D eigenvalue weighted by Crippen LogP contribution is -2.32. The van der Waals surface area contributed by atoms with Crippen LogP contribution in [0.25, 0.3) is 0 Å². The smallest absolute Gasteiger partial charge is 0.254 e. The zero-order valence-corrected chi connectivity index (χ0v) is 13.2. The molecule has 2 aromatic carbocycles. The summed E-state index contributed by atoms with van der Waals surface area (Å²) in [6.45, 7) is 0.609. The first kappa shape index (κ1) is 14.9. The van der Waals surface area contributed by atoms with Gasteiger partial charge in [-0.2, -0.15) is 0 Å². The number of rotatable bonds is 5. The van der Waals surface area contributed by atoms with Gasteiger partial charge in [-0.1, -0.05) is 29.8 Å². The van der Waals surface area contributed by atoms with Crippen molar-refractivity contribution in [2.75, 3.05) is 7.11 Å². The maximum atomic E-state index is 12.8. The first-order chi connectivity index (χ1) is 10.7. The number of carbonyl (C=O) groups is 1. The van der Waals surface area contributed by atoms with E-state index in [1.165, 1.54) is 0 Å². The standard InChI is InChI=1S/C18H18ClNO2/c1-22-17-4-2-3-14(11-17)18(21)20(16-9-10-16)12-13-5-7-15(19)8-6-13/h2-8,11,16H,9-10,12H2,1H3. The van der Waals surface area contributed by atoms with Crippen LogP contribution >= 0.6 is 11.6 Å². The second-order valence-corrected chi connectivity index (χ2v) is 5.96. The van der Waals surface area contributed by atoms with E-state index in [1.54, 1.807) is 13.2 Å². The van der Waals surface area contributed by atoms with Crippen LogP contribution in [0.3, 0.4) is 0 Å². The minimum absolute atomic E-state index is 0.0522. The number of halogens is 1. The Morgan fingerprint density at radius 3 is 2.59 bits per heavy atom. The minimum atomic E-state index is 0.0522. The lowest BCUT2D eigenvalue weighted by Gasteiger charge is -2.23.